The third-order valence-corrected chi connectivity index (χ3v) is 3.36. The van der Waals surface area contributed by atoms with Gasteiger partial charge in [-0.05, 0) is 40.9 Å². The van der Waals surface area contributed by atoms with E-state index in [1.807, 2.05) is 0 Å². The summed E-state index contributed by atoms with van der Waals surface area (Å²) in [7, 11) is 0. The standard InChI is InChI=1S/C10H12BrF2NO/c11-8-2-1-7(15-8)9(14)3-5-10(12,13)6-4-9/h1-2H,3-6,14H2. The Bertz CT molecular complexity index is 354. The molecule has 0 aromatic carbocycles. The number of nitrogens with two attached hydrogens (primary N) is 1. The van der Waals surface area contributed by atoms with Gasteiger partial charge in [0.1, 0.15) is 5.76 Å². The summed E-state index contributed by atoms with van der Waals surface area (Å²) in [6.07, 6.45) is 0.198. The van der Waals surface area contributed by atoms with Crippen molar-refractivity contribution in [2.75, 3.05) is 0 Å². The Hall–Kier alpha value is -0.420. The normalized spacial score (nSPS) is 24.0. The number of hydrogen-bond acceptors (Lipinski definition) is 2. The molecule has 0 bridgehead atoms. The minimum Gasteiger partial charge on any atom is -0.452 e. The topological polar surface area (TPSA) is 39.2 Å². The summed E-state index contributed by atoms with van der Waals surface area (Å²) in [5.41, 5.74) is 5.34. The first-order chi connectivity index (χ1) is 6.91. The van der Waals surface area contributed by atoms with Crippen molar-refractivity contribution in [3.8, 4) is 0 Å². The summed E-state index contributed by atoms with van der Waals surface area (Å²) in [6, 6.07) is 3.48. The van der Waals surface area contributed by atoms with Gasteiger partial charge in [0.05, 0.1) is 5.54 Å². The van der Waals surface area contributed by atoms with Gasteiger partial charge < -0.3 is 10.2 Å². The van der Waals surface area contributed by atoms with E-state index in [1.165, 1.54) is 0 Å². The van der Waals surface area contributed by atoms with Crippen molar-refractivity contribution in [3.05, 3.63) is 22.6 Å². The predicted octanol–water partition coefficient (Wildman–Crippen LogP) is 3.41. The summed E-state index contributed by atoms with van der Waals surface area (Å²) in [4.78, 5) is 0. The molecule has 0 saturated heterocycles. The molecule has 2 N–H and O–H groups in total. The summed E-state index contributed by atoms with van der Waals surface area (Å²) < 4.78 is 31.9. The summed E-state index contributed by atoms with van der Waals surface area (Å²) in [5, 5.41) is 0. The molecule has 2 rings (SSSR count). The summed E-state index contributed by atoms with van der Waals surface area (Å²) in [5.74, 6) is -1.97. The van der Waals surface area contributed by atoms with E-state index in [1.54, 1.807) is 12.1 Å². The van der Waals surface area contributed by atoms with E-state index >= 15 is 0 Å². The predicted molar refractivity (Wildman–Crippen MR) is 55.7 cm³/mol. The second kappa shape index (κ2) is 3.56. The van der Waals surface area contributed by atoms with Crippen LogP contribution in [-0.2, 0) is 5.54 Å². The molecule has 2 nitrogen and oxygen atoms in total. The van der Waals surface area contributed by atoms with Crippen LogP contribution in [0.5, 0.6) is 0 Å². The van der Waals surface area contributed by atoms with Crippen LogP contribution in [0.1, 0.15) is 31.4 Å². The number of alkyl halides is 2. The SMILES string of the molecule is NC1(c2ccc(Br)o2)CCC(F)(F)CC1. The highest BCUT2D eigenvalue weighted by atomic mass is 79.9. The molecule has 0 unspecified atom stereocenters. The van der Waals surface area contributed by atoms with E-state index in [0.29, 0.717) is 10.4 Å². The third-order valence-electron chi connectivity index (χ3n) is 2.94. The zero-order chi connectivity index (χ0) is 11.1. The van der Waals surface area contributed by atoms with E-state index in [2.05, 4.69) is 15.9 Å². The van der Waals surface area contributed by atoms with Crippen LogP contribution in [0.25, 0.3) is 0 Å². The van der Waals surface area contributed by atoms with Gasteiger partial charge in [0.15, 0.2) is 4.67 Å². The van der Waals surface area contributed by atoms with Gasteiger partial charge >= 0.3 is 0 Å². The smallest absolute Gasteiger partial charge is 0.248 e. The lowest BCUT2D eigenvalue weighted by Gasteiger charge is -2.35. The van der Waals surface area contributed by atoms with Gasteiger partial charge in [0, 0.05) is 12.8 Å². The third kappa shape index (κ3) is 2.23. The summed E-state index contributed by atoms with van der Waals surface area (Å²) >= 11 is 3.17. The number of rotatable bonds is 1. The van der Waals surface area contributed by atoms with E-state index in [-0.39, 0.29) is 25.7 Å². The fourth-order valence-corrected chi connectivity index (χ4v) is 2.20. The van der Waals surface area contributed by atoms with Gasteiger partial charge in [-0.3, -0.25) is 0 Å². The molecule has 1 aliphatic rings. The second-order valence-electron chi connectivity index (χ2n) is 4.12. The van der Waals surface area contributed by atoms with Gasteiger partial charge in [-0.25, -0.2) is 8.78 Å². The number of furan rings is 1. The molecule has 1 aliphatic carbocycles. The maximum atomic E-state index is 13.0. The van der Waals surface area contributed by atoms with Gasteiger partial charge in [-0.1, -0.05) is 0 Å². The highest BCUT2D eigenvalue weighted by Gasteiger charge is 2.43. The van der Waals surface area contributed by atoms with E-state index in [4.69, 9.17) is 10.2 Å². The Labute approximate surface area is 94.9 Å². The molecule has 84 valence electrons. The van der Waals surface area contributed by atoms with Crippen molar-refractivity contribution in [1.29, 1.82) is 0 Å². The fraction of sp³-hybridized carbons (Fsp3) is 0.600. The molecule has 5 heteroatoms. The molecule has 1 aromatic heterocycles. The van der Waals surface area contributed by atoms with Crippen LogP contribution in [-0.4, -0.2) is 5.92 Å². The van der Waals surface area contributed by atoms with Gasteiger partial charge in [-0.15, -0.1) is 0 Å². The van der Waals surface area contributed by atoms with Gasteiger partial charge in [0.25, 0.3) is 0 Å². The first-order valence-corrected chi connectivity index (χ1v) is 5.63. The van der Waals surface area contributed by atoms with Crippen LogP contribution < -0.4 is 5.73 Å². The Kier molecular flexibility index (Phi) is 2.63. The Morgan fingerprint density at radius 2 is 1.80 bits per heavy atom. The zero-order valence-electron chi connectivity index (χ0n) is 8.10. The Morgan fingerprint density at radius 1 is 1.20 bits per heavy atom. The molecule has 0 amide bonds. The molecule has 1 aromatic rings. The summed E-state index contributed by atoms with van der Waals surface area (Å²) in [6.45, 7) is 0. The van der Waals surface area contributed by atoms with Crippen LogP contribution >= 0.6 is 15.9 Å². The maximum Gasteiger partial charge on any atom is 0.248 e. The van der Waals surface area contributed by atoms with Crippen LogP contribution in [0, 0.1) is 0 Å². The van der Waals surface area contributed by atoms with Crippen molar-refractivity contribution in [2.24, 2.45) is 5.73 Å². The van der Waals surface area contributed by atoms with Crippen LogP contribution in [0.4, 0.5) is 8.78 Å². The molecule has 0 atom stereocenters. The largest absolute Gasteiger partial charge is 0.452 e. The quantitative estimate of drug-likeness (QED) is 0.856. The second-order valence-corrected chi connectivity index (χ2v) is 4.90. The van der Waals surface area contributed by atoms with Crippen LogP contribution in [0.3, 0.4) is 0 Å². The van der Waals surface area contributed by atoms with E-state index in [9.17, 15) is 8.78 Å². The molecule has 0 spiro atoms. The molecule has 1 saturated carbocycles. The monoisotopic (exact) mass is 279 g/mol. The van der Waals surface area contributed by atoms with E-state index in [0.717, 1.165) is 0 Å². The minimum atomic E-state index is -2.56. The first-order valence-electron chi connectivity index (χ1n) is 4.84. The lowest BCUT2D eigenvalue weighted by Crippen LogP contribution is -2.43. The van der Waals surface area contributed by atoms with Gasteiger partial charge in [-0.2, -0.15) is 0 Å². The average Bonchev–Trinajstić information content (AvgIpc) is 2.59. The Morgan fingerprint density at radius 3 is 2.27 bits per heavy atom. The van der Waals surface area contributed by atoms with Crippen molar-refractivity contribution in [1.82, 2.24) is 0 Å². The van der Waals surface area contributed by atoms with Crippen molar-refractivity contribution >= 4 is 15.9 Å². The molecule has 0 aliphatic heterocycles. The first kappa shape index (κ1) is 11.1. The van der Waals surface area contributed by atoms with Crippen molar-refractivity contribution in [3.63, 3.8) is 0 Å². The number of halogens is 3. The molecule has 0 radical (unpaired) electrons. The number of hydrogen-bond donors (Lipinski definition) is 1. The maximum absolute atomic E-state index is 13.0. The van der Waals surface area contributed by atoms with Crippen LogP contribution in [0.15, 0.2) is 21.2 Å². The van der Waals surface area contributed by atoms with Crippen LogP contribution in [0.2, 0.25) is 0 Å². The lowest BCUT2D eigenvalue weighted by atomic mass is 9.79. The molecule has 1 fully saturated rings. The van der Waals surface area contributed by atoms with E-state index < -0.39 is 11.5 Å². The minimum absolute atomic E-state index is 0.165. The highest BCUT2D eigenvalue weighted by molar-refractivity contribution is 9.10. The van der Waals surface area contributed by atoms with Crippen molar-refractivity contribution in [2.45, 2.75) is 37.1 Å². The molecule has 15 heavy (non-hydrogen) atoms. The molecular weight excluding hydrogens is 268 g/mol. The fourth-order valence-electron chi connectivity index (χ4n) is 1.89. The Balaban J connectivity index is 2.16. The molecule has 1 heterocycles. The van der Waals surface area contributed by atoms with Gasteiger partial charge in [0.2, 0.25) is 5.92 Å². The average molecular weight is 280 g/mol. The molecular formula is C10H12BrF2NO. The highest BCUT2D eigenvalue weighted by Crippen LogP contribution is 2.42. The zero-order valence-corrected chi connectivity index (χ0v) is 9.69. The van der Waals surface area contributed by atoms with Crippen molar-refractivity contribution < 1.29 is 13.2 Å². The lowest BCUT2D eigenvalue weighted by molar-refractivity contribution is -0.0539.